The highest BCUT2D eigenvalue weighted by molar-refractivity contribution is 5.73. The lowest BCUT2D eigenvalue weighted by Crippen LogP contribution is -2.63. The Morgan fingerprint density at radius 2 is 1.67 bits per heavy atom. The molecule has 10 heteroatoms. The van der Waals surface area contributed by atoms with Crippen LogP contribution in [0.5, 0.6) is 0 Å². The average Bonchev–Trinajstić information content (AvgIpc) is 2.39. The first-order valence-electron chi connectivity index (χ1n) is 6.11. The molecule has 4 atom stereocenters. The molecule has 0 heterocycles. The highest BCUT2D eigenvalue weighted by Gasteiger charge is 2.44. The number of aliphatic carboxylic acids is 1. The maximum atomic E-state index is 11.1. The minimum Gasteiger partial charge on any atom is -0.481 e. The zero-order valence-corrected chi connectivity index (χ0v) is 11.4. The van der Waals surface area contributed by atoms with E-state index in [-0.39, 0.29) is 0 Å². The van der Waals surface area contributed by atoms with E-state index in [4.69, 9.17) is 10.2 Å². The van der Waals surface area contributed by atoms with E-state index in [0.29, 0.717) is 0 Å². The summed E-state index contributed by atoms with van der Waals surface area (Å²) in [4.78, 5) is 21.5. The van der Waals surface area contributed by atoms with Crippen molar-refractivity contribution in [1.82, 2.24) is 5.32 Å². The number of aliphatic hydroxyl groups is 6. The first-order chi connectivity index (χ1) is 9.52. The molecule has 0 aliphatic carbocycles. The lowest BCUT2D eigenvalue weighted by Gasteiger charge is -2.37. The zero-order valence-electron chi connectivity index (χ0n) is 11.4. The number of carboxylic acid groups (broad SMARTS) is 1. The second kappa shape index (κ2) is 8.22. The molecule has 0 radical (unpaired) electrons. The van der Waals surface area contributed by atoms with Crippen molar-refractivity contribution in [3.63, 3.8) is 0 Å². The highest BCUT2D eigenvalue weighted by Crippen LogP contribution is 2.20. The van der Waals surface area contributed by atoms with Gasteiger partial charge in [0.25, 0.3) is 0 Å². The molecule has 0 aromatic heterocycles. The van der Waals surface area contributed by atoms with Crippen LogP contribution < -0.4 is 5.32 Å². The van der Waals surface area contributed by atoms with Crippen LogP contribution in [0.4, 0.5) is 0 Å². The summed E-state index contributed by atoms with van der Waals surface area (Å²) in [5, 5.41) is 67.4. The van der Waals surface area contributed by atoms with Crippen molar-refractivity contribution < 1.29 is 45.3 Å². The van der Waals surface area contributed by atoms with Crippen LogP contribution in [-0.4, -0.2) is 84.4 Å². The van der Waals surface area contributed by atoms with Gasteiger partial charge in [0.1, 0.15) is 24.4 Å². The van der Waals surface area contributed by atoms with Crippen LogP contribution in [0.3, 0.4) is 0 Å². The van der Waals surface area contributed by atoms with Crippen molar-refractivity contribution in [3.05, 3.63) is 0 Å². The summed E-state index contributed by atoms with van der Waals surface area (Å²) in [6.45, 7) is 0.0891. The van der Waals surface area contributed by atoms with Crippen LogP contribution >= 0.6 is 0 Å². The quantitative estimate of drug-likeness (QED) is 0.197. The largest absolute Gasteiger partial charge is 0.481 e. The number of nitrogens with one attached hydrogen (secondary N) is 1. The topological polar surface area (TPSA) is 188 Å². The standard InChI is InChI=1S/C11H21NO9/c1-5(14)12-10(9(19)8(18)6(15)4-13)11(20,21)3-2-7(16)17/h6,8-10,13,15,18-21H,2-4H2,1H3,(H,12,14)(H,16,17). The van der Waals surface area contributed by atoms with Gasteiger partial charge < -0.3 is 41.1 Å². The lowest BCUT2D eigenvalue weighted by atomic mass is 9.91. The van der Waals surface area contributed by atoms with Crippen LogP contribution in [0.25, 0.3) is 0 Å². The van der Waals surface area contributed by atoms with E-state index in [2.05, 4.69) is 0 Å². The smallest absolute Gasteiger partial charge is 0.303 e. The van der Waals surface area contributed by atoms with Gasteiger partial charge in [0.15, 0.2) is 5.79 Å². The first-order valence-corrected chi connectivity index (χ1v) is 6.11. The molecule has 0 aliphatic heterocycles. The van der Waals surface area contributed by atoms with Crippen molar-refractivity contribution in [2.24, 2.45) is 0 Å². The van der Waals surface area contributed by atoms with Gasteiger partial charge in [0.05, 0.1) is 13.0 Å². The molecule has 21 heavy (non-hydrogen) atoms. The van der Waals surface area contributed by atoms with Crippen molar-refractivity contribution in [3.8, 4) is 0 Å². The predicted molar refractivity (Wildman–Crippen MR) is 66.7 cm³/mol. The number of rotatable bonds is 9. The van der Waals surface area contributed by atoms with E-state index in [1.54, 1.807) is 0 Å². The normalized spacial score (nSPS) is 17.7. The van der Waals surface area contributed by atoms with Gasteiger partial charge in [-0.25, -0.2) is 0 Å². The van der Waals surface area contributed by atoms with Crippen molar-refractivity contribution in [2.75, 3.05) is 6.61 Å². The number of carboxylic acids is 1. The Labute approximate surface area is 120 Å². The fourth-order valence-corrected chi connectivity index (χ4v) is 1.67. The summed E-state index contributed by atoms with van der Waals surface area (Å²) in [6, 6.07) is -1.87. The Morgan fingerprint density at radius 3 is 2.05 bits per heavy atom. The Kier molecular flexibility index (Phi) is 7.71. The summed E-state index contributed by atoms with van der Waals surface area (Å²) >= 11 is 0. The van der Waals surface area contributed by atoms with E-state index in [1.807, 2.05) is 5.32 Å². The maximum absolute atomic E-state index is 11.1. The fourth-order valence-electron chi connectivity index (χ4n) is 1.67. The molecule has 0 spiro atoms. The molecule has 10 nitrogen and oxygen atoms in total. The van der Waals surface area contributed by atoms with Crippen LogP contribution in [0, 0.1) is 0 Å². The monoisotopic (exact) mass is 311 g/mol. The van der Waals surface area contributed by atoms with Crippen LogP contribution in [-0.2, 0) is 9.59 Å². The summed E-state index contributed by atoms with van der Waals surface area (Å²) < 4.78 is 0. The third kappa shape index (κ3) is 6.33. The number of hydrogen-bond donors (Lipinski definition) is 8. The van der Waals surface area contributed by atoms with Gasteiger partial charge in [-0.2, -0.15) is 0 Å². The van der Waals surface area contributed by atoms with E-state index in [9.17, 15) is 35.1 Å². The predicted octanol–water partition coefficient (Wildman–Crippen LogP) is -3.89. The SMILES string of the molecule is CC(=O)NC(C(O)C(O)C(O)CO)C(O)(O)CCC(=O)O. The number of carbonyl (C=O) groups excluding carboxylic acids is 1. The van der Waals surface area contributed by atoms with Gasteiger partial charge in [-0.1, -0.05) is 0 Å². The molecule has 0 rings (SSSR count). The third-order valence-electron chi connectivity index (χ3n) is 2.84. The third-order valence-corrected chi connectivity index (χ3v) is 2.84. The number of aliphatic hydroxyl groups excluding tert-OH is 4. The van der Waals surface area contributed by atoms with E-state index in [0.717, 1.165) is 6.92 Å². The Balaban J connectivity index is 5.16. The van der Waals surface area contributed by atoms with E-state index < -0.39 is 61.5 Å². The summed E-state index contributed by atoms with van der Waals surface area (Å²) in [5.74, 6) is -4.97. The van der Waals surface area contributed by atoms with Gasteiger partial charge >= 0.3 is 5.97 Å². The Morgan fingerprint density at radius 1 is 1.14 bits per heavy atom. The summed E-state index contributed by atoms with van der Waals surface area (Å²) in [5.41, 5.74) is 0. The number of carbonyl (C=O) groups is 2. The molecule has 0 bridgehead atoms. The van der Waals surface area contributed by atoms with Crippen LogP contribution in [0.2, 0.25) is 0 Å². The van der Waals surface area contributed by atoms with Gasteiger partial charge in [0.2, 0.25) is 5.91 Å². The van der Waals surface area contributed by atoms with Crippen LogP contribution in [0.1, 0.15) is 19.8 Å². The Bertz CT molecular complexity index is 360. The Hall–Kier alpha value is -1.30. The molecule has 124 valence electrons. The molecule has 1 amide bonds. The molecule has 0 fully saturated rings. The van der Waals surface area contributed by atoms with E-state index >= 15 is 0 Å². The minimum absolute atomic E-state index is 0.672. The average molecular weight is 311 g/mol. The molecule has 4 unspecified atom stereocenters. The van der Waals surface area contributed by atoms with Gasteiger partial charge in [-0.05, 0) is 0 Å². The van der Waals surface area contributed by atoms with Crippen molar-refractivity contribution in [1.29, 1.82) is 0 Å². The lowest BCUT2D eigenvalue weighted by molar-refractivity contribution is -0.222. The highest BCUT2D eigenvalue weighted by atomic mass is 16.5. The molecular formula is C11H21NO9. The summed E-state index contributed by atoms with van der Waals surface area (Å²) in [7, 11) is 0. The molecular weight excluding hydrogens is 290 g/mol. The number of amides is 1. The number of hydrogen-bond acceptors (Lipinski definition) is 8. The minimum atomic E-state index is -2.85. The molecule has 0 saturated heterocycles. The van der Waals surface area contributed by atoms with E-state index in [1.165, 1.54) is 0 Å². The molecule has 0 aromatic rings. The van der Waals surface area contributed by atoms with Crippen molar-refractivity contribution >= 4 is 11.9 Å². The zero-order chi connectivity index (χ0) is 16.8. The molecule has 0 aromatic carbocycles. The summed E-state index contributed by atoms with van der Waals surface area (Å²) in [6.07, 6.45) is -7.25. The van der Waals surface area contributed by atoms with Gasteiger partial charge in [0, 0.05) is 13.3 Å². The second-order valence-corrected chi connectivity index (χ2v) is 4.68. The molecule has 0 aliphatic rings. The first kappa shape index (κ1) is 19.7. The van der Waals surface area contributed by atoms with Crippen molar-refractivity contribution in [2.45, 2.75) is 49.9 Å². The van der Waals surface area contributed by atoms with Gasteiger partial charge in [-0.15, -0.1) is 0 Å². The molecule has 8 N–H and O–H groups in total. The van der Waals surface area contributed by atoms with Crippen LogP contribution in [0.15, 0.2) is 0 Å². The maximum Gasteiger partial charge on any atom is 0.303 e. The van der Waals surface area contributed by atoms with Gasteiger partial charge in [-0.3, -0.25) is 9.59 Å². The fraction of sp³-hybridized carbons (Fsp3) is 0.818. The second-order valence-electron chi connectivity index (χ2n) is 4.68. The molecule has 0 saturated carbocycles.